The van der Waals surface area contributed by atoms with Crippen LogP contribution < -0.4 is 0 Å². The van der Waals surface area contributed by atoms with Gasteiger partial charge in [-0.15, -0.1) is 0 Å². The van der Waals surface area contributed by atoms with Crippen LogP contribution in [0.5, 0.6) is 0 Å². The van der Waals surface area contributed by atoms with Crippen LogP contribution in [0, 0.1) is 30.6 Å². The van der Waals surface area contributed by atoms with E-state index in [1.165, 1.54) is 19.3 Å². The van der Waals surface area contributed by atoms with Gasteiger partial charge in [-0.05, 0) is 75.2 Å². The summed E-state index contributed by atoms with van der Waals surface area (Å²) in [5.41, 5.74) is 1.03. The van der Waals surface area contributed by atoms with Gasteiger partial charge in [-0.25, -0.2) is 8.42 Å². The Morgan fingerprint density at radius 1 is 1.08 bits per heavy atom. The minimum atomic E-state index is -3.41. The summed E-state index contributed by atoms with van der Waals surface area (Å²) in [6.07, 6.45) is 9.70. The Hall–Kier alpha value is -0.823. The highest BCUT2D eigenvalue weighted by Crippen LogP contribution is 2.42. The van der Waals surface area contributed by atoms with E-state index in [1.807, 2.05) is 19.1 Å². The van der Waals surface area contributed by atoms with Gasteiger partial charge in [0.2, 0.25) is 8.87 Å². The minimum absolute atomic E-state index is 0.0767. The minimum Gasteiger partial charge on any atom is -0.411 e. The van der Waals surface area contributed by atoms with E-state index in [4.69, 9.17) is 13.9 Å². The molecule has 1 aliphatic carbocycles. The van der Waals surface area contributed by atoms with Crippen molar-refractivity contribution in [3.8, 4) is 11.8 Å². The first-order chi connectivity index (χ1) is 18.3. The van der Waals surface area contributed by atoms with Crippen molar-refractivity contribution in [3.05, 3.63) is 29.8 Å². The van der Waals surface area contributed by atoms with Crippen LogP contribution in [0.1, 0.15) is 84.6 Å². The molecule has 0 N–H and O–H groups in total. The van der Waals surface area contributed by atoms with Gasteiger partial charge in [0.25, 0.3) is 0 Å². The molecule has 5 atom stereocenters. The molecule has 0 radical (unpaired) electrons. The SMILES string of the molecule is CCC1OC(C2CCCCC(C#CCOCSS(=O)(=O)c3ccc(C)cc3)CC2)CC1O[Si](C)(C)C(C)(C)C. The highest BCUT2D eigenvalue weighted by atomic mass is 33.1. The van der Waals surface area contributed by atoms with Crippen LogP contribution in [0.3, 0.4) is 0 Å². The molecule has 5 nitrogen and oxygen atoms in total. The lowest BCUT2D eigenvalue weighted by Crippen LogP contribution is -2.45. The van der Waals surface area contributed by atoms with Crippen LogP contribution in [0.2, 0.25) is 18.1 Å². The summed E-state index contributed by atoms with van der Waals surface area (Å²) in [6, 6.07) is 6.89. The summed E-state index contributed by atoms with van der Waals surface area (Å²) < 4.78 is 43.9. The van der Waals surface area contributed by atoms with E-state index in [1.54, 1.807) is 12.1 Å². The second-order valence-electron chi connectivity index (χ2n) is 12.8. The zero-order valence-electron chi connectivity index (χ0n) is 25.1. The van der Waals surface area contributed by atoms with Gasteiger partial charge in [0.05, 0.1) is 23.2 Å². The van der Waals surface area contributed by atoms with E-state index in [2.05, 4.69) is 52.6 Å². The molecule has 5 unspecified atom stereocenters. The molecule has 3 rings (SSSR count). The summed E-state index contributed by atoms with van der Waals surface area (Å²) in [5.74, 6) is 7.58. The summed E-state index contributed by atoms with van der Waals surface area (Å²) in [6.45, 7) is 16.0. The summed E-state index contributed by atoms with van der Waals surface area (Å²) in [7, 11) is -4.44. The molecule has 0 aromatic heterocycles. The Bertz CT molecular complexity index is 1070. The van der Waals surface area contributed by atoms with Crippen LogP contribution in [-0.4, -0.2) is 47.6 Å². The Morgan fingerprint density at radius 2 is 1.77 bits per heavy atom. The lowest BCUT2D eigenvalue weighted by Gasteiger charge is -2.39. The zero-order valence-corrected chi connectivity index (χ0v) is 27.8. The maximum absolute atomic E-state index is 12.4. The Balaban J connectivity index is 1.46. The molecule has 1 heterocycles. The summed E-state index contributed by atoms with van der Waals surface area (Å²) in [5, 5.41) is 0.202. The molecule has 39 heavy (non-hydrogen) atoms. The first-order valence-corrected chi connectivity index (χ1v) is 20.6. The predicted molar refractivity (Wildman–Crippen MR) is 165 cm³/mol. The van der Waals surface area contributed by atoms with Crippen molar-refractivity contribution in [3.63, 3.8) is 0 Å². The van der Waals surface area contributed by atoms with Crippen LogP contribution in [0.15, 0.2) is 29.2 Å². The molecule has 1 saturated carbocycles. The average Bonchev–Trinajstić information content (AvgIpc) is 3.24. The molecule has 220 valence electrons. The van der Waals surface area contributed by atoms with Gasteiger partial charge in [-0.2, -0.15) is 0 Å². The van der Waals surface area contributed by atoms with Gasteiger partial charge in [0, 0.05) is 23.1 Å². The Labute approximate surface area is 243 Å². The number of hydrogen-bond acceptors (Lipinski definition) is 6. The van der Waals surface area contributed by atoms with E-state index in [0.29, 0.717) is 16.7 Å². The molecule has 0 bridgehead atoms. The summed E-state index contributed by atoms with van der Waals surface area (Å²) in [4.78, 5) is 0.311. The van der Waals surface area contributed by atoms with E-state index in [9.17, 15) is 8.42 Å². The molecular formula is C31H50O5S2Si. The monoisotopic (exact) mass is 594 g/mol. The number of aryl methyl sites for hydroxylation is 1. The molecule has 1 aromatic carbocycles. The third kappa shape index (κ3) is 9.61. The normalized spacial score (nSPS) is 26.9. The third-order valence-electron chi connectivity index (χ3n) is 8.75. The van der Waals surface area contributed by atoms with Crippen molar-refractivity contribution in [2.45, 2.75) is 127 Å². The maximum atomic E-state index is 12.4. The third-order valence-corrected chi connectivity index (χ3v) is 16.5. The maximum Gasteiger partial charge on any atom is 0.232 e. The predicted octanol–water partition coefficient (Wildman–Crippen LogP) is 7.94. The molecule has 8 heteroatoms. The van der Waals surface area contributed by atoms with E-state index in [-0.39, 0.29) is 35.9 Å². The van der Waals surface area contributed by atoms with Gasteiger partial charge < -0.3 is 13.9 Å². The number of rotatable bonds is 9. The van der Waals surface area contributed by atoms with Crippen LogP contribution >= 0.6 is 10.8 Å². The lowest BCUT2D eigenvalue weighted by atomic mass is 9.82. The highest BCUT2D eigenvalue weighted by molar-refractivity contribution is 8.72. The van der Waals surface area contributed by atoms with Crippen LogP contribution in [0.4, 0.5) is 0 Å². The van der Waals surface area contributed by atoms with Crippen LogP contribution in [-0.2, 0) is 22.8 Å². The van der Waals surface area contributed by atoms with Crippen molar-refractivity contribution in [1.29, 1.82) is 0 Å². The van der Waals surface area contributed by atoms with Gasteiger partial charge in [0.1, 0.15) is 12.5 Å². The average molecular weight is 595 g/mol. The Morgan fingerprint density at radius 3 is 2.44 bits per heavy atom. The van der Waals surface area contributed by atoms with Crippen molar-refractivity contribution in [2.24, 2.45) is 11.8 Å². The molecule has 1 aromatic rings. The summed E-state index contributed by atoms with van der Waals surface area (Å²) >= 11 is 0. The standard InChI is InChI=1S/C31H50O5S2Si/c1-8-28-30(36-39(6,7)31(3,4)5)22-29(35-28)26-14-10-9-12-25(17-18-26)13-11-21-34-23-37-38(32,33)27-19-15-24(2)16-20-27/h15-16,19-20,25-26,28-30H,8-10,12,14,17-18,21-23H2,1-7H3. The molecule has 1 aliphatic heterocycles. The van der Waals surface area contributed by atoms with E-state index in [0.717, 1.165) is 48.5 Å². The largest absolute Gasteiger partial charge is 0.411 e. The van der Waals surface area contributed by atoms with E-state index >= 15 is 0 Å². The van der Waals surface area contributed by atoms with Gasteiger partial charge in [-0.3, -0.25) is 0 Å². The smallest absolute Gasteiger partial charge is 0.232 e. The fraction of sp³-hybridized carbons (Fsp3) is 0.742. The van der Waals surface area contributed by atoms with Gasteiger partial charge >= 0.3 is 0 Å². The number of hydrogen-bond donors (Lipinski definition) is 0. The first-order valence-electron chi connectivity index (χ1n) is 14.7. The van der Waals surface area contributed by atoms with Gasteiger partial charge in [0.15, 0.2) is 8.32 Å². The molecule has 0 amide bonds. The molecule has 2 aliphatic rings. The molecule has 0 spiro atoms. The fourth-order valence-electron chi connectivity index (χ4n) is 5.26. The fourth-order valence-corrected chi connectivity index (χ4v) is 8.82. The number of ether oxygens (including phenoxy) is 2. The molecule has 1 saturated heterocycles. The van der Waals surface area contributed by atoms with Gasteiger partial charge in [-0.1, -0.05) is 70.1 Å². The topological polar surface area (TPSA) is 61.8 Å². The highest BCUT2D eigenvalue weighted by Gasteiger charge is 2.45. The Kier molecular flexibility index (Phi) is 12.0. The lowest BCUT2D eigenvalue weighted by molar-refractivity contribution is -0.0160. The molecule has 2 fully saturated rings. The quantitative estimate of drug-likeness (QED) is 0.0951. The van der Waals surface area contributed by atoms with Crippen molar-refractivity contribution in [2.75, 3.05) is 12.5 Å². The van der Waals surface area contributed by atoms with Crippen LogP contribution in [0.25, 0.3) is 0 Å². The zero-order chi connectivity index (χ0) is 28.7. The number of benzene rings is 1. The van der Waals surface area contributed by atoms with Crippen molar-refractivity contribution in [1.82, 2.24) is 0 Å². The second kappa shape index (κ2) is 14.4. The first kappa shape index (κ1) is 32.7. The van der Waals surface area contributed by atoms with Crippen molar-refractivity contribution >= 4 is 28.0 Å². The van der Waals surface area contributed by atoms with E-state index < -0.39 is 17.2 Å². The molecular weight excluding hydrogens is 545 g/mol. The van der Waals surface area contributed by atoms with Crippen molar-refractivity contribution < 1.29 is 22.3 Å². The second-order valence-corrected chi connectivity index (χ2v) is 21.4.